The van der Waals surface area contributed by atoms with Gasteiger partial charge in [-0.05, 0) is 18.6 Å². The van der Waals surface area contributed by atoms with E-state index >= 15 is 0 Å². The quantitative estimate of drug-likeness (QED) is 0.858. The van der Waals surface area contributed by atoms with Gasteiger partial charge in [-0.15, -0.1) is 0 Å². The van der Waals surface area contributed by atoms with E-state index in [4.69, 9.17) is 4.74 Å². The van der Waals surface area contributed by atoms with Gasteiger partial charge in [0.05, 0.1) is 18.9 Å². The number of methoxy groups -OCH3 is 1. The lowest BCUT2D eigenvalue weighted by Gasteiger charge is -2.55. The van der Waals surface area contributed by atoms with Crippen molar-refractivity contribution in [2.45, 2.75) is 18.4 Å². The molecule has 4 aliphatic heterocycles. The largest absolute Gasteiger partial charge is 0.494 e. The second-order valence-electron chi connectivity index (χ2n) is 8.73. The van der Waals surface area contributed by atoms with Gasteiger partial charge in [0.1, 0.15) is 5.75 Å². The lowest BCUT2D eigenvalue weighted by atomic mass is 9.64. The summed E-state index contributed by atoms with van der Waals surface area (Å²) in [4.78, 5) is 22.8. The van der Waals surface area contributed by atoms with E-state index in [1.54, 1.807) is 13.3 Å². The van der Waals surface area contributed by atoms with Crippen molar-refractivity contribution in [3.05, 3.63) is 59.4 Å². The molecule has 0 aliphatic carbocycles. The number of aryl methyl sites for hydroxylation is 1. The molecule has 1 amide bonds. The number of carbonyl (C=O) groups excluding carboxylic acids is 1. The highest BCUT2D eigenvalue weighted by Crippen LogP contribution is 2.43. The minimum absolute atomic E-state index is 0.0659. The van der Waals surface area contributed by atoms with Crippen molar-refractivity contribution >= 4 is 5.91 Å². The Bertz CT molecular complexity index is 900. The third-order valence-electron chi connectivity index (χ3n) is 6.90. The molecule has 29 heavy (non-hydrogen) atoms. The zero-order chi connectivity index (χ0) is 20.0. The molecule has 1 aromatic carbocycles. The molecule has 5 heterocycles. The predicted molar refractivity (Wildman–Crippen MR) is 111 cm³/mol. The maximum absolute atomic E-state index is 13.4. The summed E-state index contributed by atoms with van der Waals surface area (Å²) in [5.41, 5.74) is 2.61. The van der Waals surface area contributed by atoms with Crippen molar-refractivity contribution in [1.82, 2.24) is 20.1 Å². The fraction of sp³-hybridized carbons (Fsp3) is 0.478. The summed E-state index contributed by atoms with van der Waals surface area (Å²) in [6.07, 6.45) is 1.64. The van der Waals surface area contributed by atoms with Gasteiger partial charge in [0.25, 0.3) is 5.91 Å². The van der Waals surface area contributed by atoms with E-state index in [1.165, 1.54) is 5.56 Å². The van der Waals surface area contributed by atoms with Crippen LogP contribution in [0.25, 0.3) is 0 Å². The van der Waals surface area contributed by atoms with Crippen LogP contribution in [0.3, 0.4) is 0 Å². The summed E-state index contributed by atoms with van der Waals surface area (Å²) in [6.45, 7) is 8.19. The van der Waals surface area contributed by atoms with Gasteiger partial charge in [-0.2, -0.15) is 0 Å². The third-order valence-corrected chi connectivity index (χ3v) is 6.90. The van der Waals surface area contributed by atoms with Crippen molar-refractivity contribution in [3.8, 4) is 5.75 Å². The van der Waals surface area contributed by atoms with Crippen molar-refractivity contribution in [1.29, 1.82) is 0 Å². The zero-order valence-corrected chi connectivity index (χ0v) is 17.1. The maximum Gasteiger partial charge on any atom is 0.255 e. The molecule has 6 nitrogen and oxygen atoms in total. The first-order chi connectivity index (χ1) is 14.1. The first kappa shape index (κ1) is 18.6. The number of carbonyl (C=O) groups is 1. The van der Waals surface area contributed by atoms with E-state index in [0.29, 0.717) is 17.2 Å². The number of hydrogen-bond acceptors (Lipinski definition) is 5. The van der Waals surface area contributed by atoms with E-state index in [9.17, 15) is 4.79 Å². The standard InChI is InChI=1S/C23H28N4O2/c1-16-10-19(20(29-2)11-24-16)22(28)25-21-17-12-26-8-9-27(13-17)15-23(21,14-26)18-6-4-3-5-7-18/h3-7,10-11,17,21H,8-9,12-15H2,1-2H3,(H,25,28). The number of ether oxygens (including phenoxy) is 1. The van der Waals surface area contributed by atoms with Crippen LogP contribution in [0.1, 0.15) is 21.6 Å². The van der Waals surface area contributed by atoms with Gasteiger partial charge < -0.3 is 19.9 Å². The van der Waals surface area contributed by atoms with Crippen molar-refractivity contribution < 1.29 is 9.53 Å². The highest BCUT2D eigenvalue weighted by molar-refractivity contribution is 5.97. The fourth-order valence-corrected chi connectivity index (χ4v) is 5.67. The van der Waals surface area contributed by atoms with Gasteiger partial charge in [0.15, 0.2) is 0 Å². The summed E-state index contributed by atoms with van der Waals surface area (Å²) >= 11 is 0. The Labute approximate surface area is 171 Å². The fourth-order valence-electron chi connectivity index (χ4n) is 5.67. The van der Waals surface area contributed by atoms with Crippen LogP contribution in [-0.4, -0.2) is 73.1 Å². The zero-order valence-electron chi connectivity index (χ0n) is 17.1. The van der Waals surface area contributed by atoms with E-state index in [-0.39, 0.29) is 17.4 Å². The number of amides is 1. The van der Waals surface area contributed by atoms with Crippen LogP contribution in [0.5, 0.6) is 5.75 Å². The van der Waals surface area contributed by atoms with E-state index in [2.05, 4.69) is 50.4 Å². The second kappa shape index (κ2) is 7.11. The van der Waals surface area contributed by atoms with Crippen molar-refractivity contribution in [2.24, 2.45) is 5.92 Å². The number of hydrogen-bond donors (Lipinski definition) is 1. The van der Waals surface area contributed by atoms with Gasteiger partial charge in [0, 0.05) is 62.3 Å². The number of fused-ring (bicyclic) bond motifs is 1. The molecule has 1 aromatic heterocycles. The normalized spacial score (nSPS) is 32.6. The first-order valence-electron chi connectivity index (χ1n) is 10.4. The lowest BCUT2D eigenvalue weighted by Crippen LogP contribution is -2.70. The maximum atomic E-state index is 13.4. The first-order valence-corrected chi connectivity index (χ1v) is 10.4. The summed E-state index contributed by atoms with van der Waals surface area (Å²) in [5.74, 6) is 0.872. The summed E-state index contributed by atoms with van der Waals surface area (Å²) in [6, 6.07) is 12.7. The summed E-state index contributed by atoms with van der Waals surface area (Å²) in [5, 5.41) is 3.45. The monoisotopic (exact) mass is 392 g/mol. The molecule has 3 atom stereocenters. The molecule has 2 aromatic rings. The van der Waals surface area contributed by atoms with Crippen LogP contribution >= 0.6 is 0 Å². The molecule has 0 saturated carbocycles. The van der Waals surface area contributed by atoms with Crippen molar-refractivity contribution in [3.63, 3.8) is 0 Å². The van der Waals surface area contributed by atoms with Crippen LogP contribution in [0.15, 0.2) is 42.6 Å². The Hall–Kier alpha value is -2.44. The SMILES string of the molecule is COc1cnc(C)cc1C(=O)NC1C2CN3CCN(C2)CC1(c1ccccc1)C3. The summed E-state index contributed by atoms with van der Waals surface area (Å²) < 4.78 is 5.42. The number of pyridine rings is 1. The minimum Gasteiger partial charge on any atom is -0.494 e. The number of piperidine rings is 2. The average molecular weight is 393 g/mol. The smallest absolute Gasteiger partial charge is 0.255 e. The second-order valence-corrected chi connectivity index (χ2v) is 8.73. The van der Waals surface area contributed by atoms with Gasteiger partial charge >= 0.3 is 0 Å². The molecule has 6 heteroatoms. The minimum atomic E-state index is -0.0934. The van der Waals surface area contributed by atoms with Crippen molar-refractivity contribution in [2.75, 3.05) is 46.4 Å². The molecule has 4 aliphatic rings. The Kier molecular flexibility index (Phi) is 4.56. The molecule has 0 radical (unpaired) electrons. The Morgan fingerprint density at radius 2 is 1.86 bits per heavy atom. The van der Waals surface area contributed by atoms with Crippen LogP contribution < -0.4 is 10.1 Å². The van der Waals surface area contributed by atoms with Gasteiger partial charge in [-0.3, -0.25) is 9.78 Å². The Balaban J connectivity index is 1.53. The number of aromatic nitrogens is 1. The molecule has 4 fully saturated rings. The topological polar surface area (TPSA) is 57.7 Å². The van der Waals surface area contributed by atoms with E-state index < -0.39 is 0 Å². The van der Waals surface area contributed by atoms with E-state index in [1.807, 2.05) is 13.0 Å². The molecule has 0 spiro atoms. The molecule has 4 bridgehead atoms. The number of nitrogens with one attached hydrogen (secondary N) is 1. The van der Waals surface area contributed by atoms with Crippen LogP contribution in [0.4, 0.5) is 0 Å². The highest BCUT2D eigenvalue weighted by Gasteiger charge is 2.55. The molecule has 3 unspecified atom stereocenters. The Morgan fingerprint density at radius 3 is 2.52 bits per heavy atom. The van der Waals surface area contributed by atoms with Gasteiger partial charge in [0.2, 0.25) is 0 Å². The third kappa shape index (κ3) is 3.11. The van der Waals surface area contributed by atoms with Crippen LogP contribution in [0, 0.1) is 12.8 Å². The highest BCUT2D eigenvalue weighted by atomic mass is 16.5. The molecule has 1 N–H and O–H groups in total. The van der Waals surface area contributed by atoms with Gasteiger partial charge in [-0.1, -0.05) is 30.3 Å². The number of benzene rings is 1. The number of nitrogens with zero attached hydrogens (tertiary/aromatic N) is 3. The van der Waals surface area contributed by atoms with Crippen LogP contribution in [-0.2, 0) is 5.41 Å². The molecule has 152 valence electrons. The van der Waals surface area contributed by atoms with Gasteiger partial charge in [-0.25, -0.2) is 0 Å². The summed E-state index contributed by atoms with van der Waals surface area (Å²) in [7, 11) is 1.59. The molecule has 6 rings (SSSR count). The average Bonchev–Trinajstić information content (AvgIpc) is 2.99. The Morgan fingerprint density at radius 1 is 1.17 bits per heavy atom. The predicted octanol–water partition coefficient (Wildman–Crippen LogP) is 1.70. The number of rotatable bonds is 4. The molecular formula is C23H28N4O2. The molecule has 4 saturated heterocycles. The molecular weight excluding hydrogens is 364 g/mol. The lowest BCUT2D eigenvalue weighted by molar-refractivity contribution is 0.0180. The van der Waals surface area contributed by atoms with Crippen LogP contribution in [0.2, 0.25) is 0 Å². The van der Waals surface area contributed by atoms with E-state index in [0.717, 1.165) is 45.0 Å².